The van der Waals surface area contributed by atoms with Crippen LogP contribution in [0.4, 0.5) is 0 Å². The number of likely N-dealkylation sites (N-methyl/N-ethyl adjacent to an activating group) is 1. The van der Waals surface area contributed by atoms with Crippen molar-refractivity contribution in [2.75, 3.05) is 7.05 Å². The van der Waals surface area contributed by atoms with Gasteiger partial charge in [-0.3, -0.25) is 5.01 Å². The fraction of sp³-hybridized carbons (Fsp3) is 0.600. The van der Waals surface area contributed by atoms with Crippen LogP contribution in [-0.2, 0) is 0 Å². The molecule has 1 aliphatic carbocycles. The first-order valence-electron chi connectivity index (χ1n) is 4.92. The molecule has 0 bridgehead atoms. The molecule has 0 aromatic heterocycles. The van der Waals surface area contributed by atoms with Gasteiger partial charge in [0.05, 0.1) is 5.70 Å². The van der Waals surface area contributed by atoms with Crippen molar-refractivity contribution >= 4 is 0 Å². The summed E-state index contributed by atoms with van der Waals surface area (Å²) in [6.07, 6.45) is 5.44. The summed E-state index contributed by atoms with van der Waals surface area (Å²) in [6.45, 7) is 2.18. The van der Waals surface area contributed by atoms with E-state index in [0.29, 0.717) is 0 Å². The third-order valence-corrected chi connectivity index (χ3v) is 2.79. The van der Waals surface area contributed by atoms with Crippen LogP contribution >= 0.6 is 0 Å². The molecule has 2 rings (SSSR count). The predicted molar refractivity (Wildman–Crippen MR) is 53.5 cm³/mol. The number of rotatable bonds is 1. The Hall–Kier alpha value is -0.960. The van der Waals surface area contributed by atoms with E-state index in [1.807, 2.05) is 7.05 Å². The number of nitrogens with zero attached hydrogens (tertiary/aromatic N) is 1. The zero-order valence-electron chi connectivity index (χ0n) is 8.30. The molecule has 1 unspecified atom stereocenters. The maximum atomic E-state index is 5.89. The molecule has 3 nitrogen and oxygen atoms in total. The van der Waals surface area contributed by atoms with Gasteiger partial charge < -0.3 is 11.2 Å². The van der Waals surface area contributed by atoms with Crippen molar-refractivity contribution < 1.29 is 0 Å². The van der Waals surface area contributed by atoms with Crippen LogP contribution in [0.25, 0.3) is 0 Å². The molecule has 1 aliphatic heterocycles. The second kappa shape index (κ2) is 3.07. The molecule has 1 heterocycles. The van der Waals surface area contributed by atoms with Crippen LogP contribution in [0.2, 0.25) is 0 Å². The summed E-state index contributed by atoms with van der Waals surface area (Å²) in [5.41, 5.74) is 13.4. The number of hydrogen-bond donors (Lipinski definition) is 2. The van der Waals surface area contributed by atoms with Crippen molar-refractivity contribution in [2.24, 2.45) is 5.73 Å². The van der Waals surface area contributed by atoms with Gasteiger partial charge in [-0.2, -0.15) is 0 Å². The molecular weight excluding hydrogens is 162 g/mol. The molecule has 3 N–H and O–H groups in total. The van der Waals surface area contributed by atoms with Crippen molar-refractivity contribution in [3.8, 4) is 0 Å². The Kier molecular flexibility index (Phi) is 2.04. The van der Waals surface area contributed by atoms with Gasteiger partial charge in [-0.15, -0.1) is 0 Å². The van der Waals surface area contributed by atoms with Crippen LogP contribution in [0.5, 0.6) is 0 Å². The largest absolute Gasteiger partial charge is 0.324 e. The Morgan fingerprint density at radius 1 is 1.69 bits per heavy atom. The molecule has 0 fully saturated rings. The Balaban J connectivity index is 2.35. The van der Waals surface area contributed by atoms with Crippen molar-refractivity contribution in [2.45, 2.75) is 32.2 Å². The lowest BCUT2D eigenvalue weighted by Crippen LogP contribution is -2.29. The van der Waals surface area contributed by atoms with E-state index in [9.17, 15) is 0 Å². The third-order valence-electron chi connectivity index (χ3n) is 2.79. The summed E-state index contributed by atoms with van der Waals surface area (Å²) in [5, 5.41) is 2.08. The second-order valence-corrected chi connectivity index (χ2v) is 3.74. The van der Waals surface area contributed by atoms with E-state index in [4.69, 9.17) is 5.73 Å². The lowest BCUT2D eigenvalue weighted by Gasteiger charge is -2.21. The Bertz CT molecular complexity index is 278. The van der Waals surface area contributed by atoms with Crippen molar-refractivity contribution in [3.05, 3.63) is 23.0 Å². The topological polar surface area (TPSA) is 41.3 Å². The van der Waals surface area contributed by atoms with E-state index >= 15 is 0 Å². The number of nitrogens with two attached hydrogens (primary N) is 1. The van der Waals surface area contributed by atoms with E-state index in [2.05, 4.69) is 23.4 Å². The summed E-state index contributed by atoms with van der Waals surface area (Å²) < 4.78 is 0. The quantitative estimate of drug-likeness (QED) is 0.633. The van der Waals surface area contributed by atoms with Gasteiger partial charge in [0.15, 0.2) is 0 Å². The van der Waals surface area contributed by atoms with Crippen LogP contribution in [0, 0.1) is 0 Å². The number of nitrogens with one attached hydrogen (secondary N) is 1. The number of allylic oxidation sites excluding steroid dienone is 2. The predicted octanol–water partition coefficient (Wildman–Crippen LogP) is 1.11. The Labute approximate surface area is 79.3 Å². The zero-order chi connectivity index (χ0) is 9.42. The molecule has 1 atom stereocenters. The van der Waals surface area contributed by atoms with Gasteiger partial charge in [-0.1, -0.05) is 6.92 Å². The third kappa shape index (κ3) is 1.33. The minimum Gasteiger partial charge on any atom is -0.324 e. The monoisotopic (exact) mass is 179 g/mol. The molecule has 0 radical (unpaired) electrons. The molecule has 0 aromatic rings. The lowest BCUT2D eigenvalue weighted by atomic mass is 9.94. The van der Waals surface area contributed by atoms with Crippen LogP contribution < -0.4 is 11.2 Å². The van der Waals surface area contributed by atoms with Crippen LogP contribution in [0.3, 0.4) is 0 Å². The summed E-state index contributed by atoms with van der Waals surface area (Å²) >= 11 is 0. The summed E-state index contributed by atoms with van der Waals surface area (Å²) in [4.78, 5) is 0. The maximum Gasteiger partial charge on any atom is 0.0594 e. The first kappa shape index (κ1) is 8.63. The van der Waals surface area contributed by atoms with E-state index in [1.165, 1.54) is 17.0 Å². The molecule has 2 aliphatic rings. The van der Waals surface area contributed by atoms with E-state index < -0.39 is 0 Å². The maximum absolute atomic E-state index is 5.89. The molecule has 13 heavy (non-hydrogen) atoms. The minimum atomic E-state index is 0.235. The highest BCUT2D eigenvalue weighted by molar-refractivity contribution is 5.40. The normalized spacial score (nSPS) is 27.2. The summed E-state index contributed by atoms with van der Waals surface area (Å²) in [7, 11) is 2.05. The molecule has 0 saturated heterocycles. The summed E-state index contributed by atoms with van der Waals surface area (Å²) in [5.74, 6) is 0. The van der Waals surface area contributed by atoms with Gasteiger partial charge in [0, 0.05) is 18.8 Å². The van der Waals surface area contributed by atoms with E-state index in [0.717, 1.165) is 19.3 Å². The molecule has 0 saturated carbocycles. The molecular formula is C10H17N3. The van der Waals surface area contributed by atoms with Gasteiger partial charge in [0.2, 0.25) is 0 Å². The Morgan fingerprint density at radius 2 is 2.46 bits per heavy atom. The zero-order valence-corrected chi connectivity index (χ0v) is 8.30. The Morgan fingerprint density at radius 3 is 3.15 bits per heavy atom. The average Bonchev–Trinajstić information content (AvgIpc) is 2.43. The SMILES string of the molecule is CCC1=C2CCC(N)C=C2N(C)N1. The lowest BCUT2D eigenvalue weighted by molar-refractivity contribution is 0.362. The van der Waals surface area contributed by atoms with Gasteiger partial charge >= 0.3 is 0 Å². The molecule has 72 valence electrons. The first-order valence-corrected chi connectivity index (χ1v) is 4.92. The first-order chi connectivity index (χ1) is 6.22. The molecule has 0 aromatic carbocycles. The fourth-order valence-electron chi connectivity index (χ4n) is 2.07. The number of fused-ring (bicyclic) bond motifs is 1. The highest BCUT2D eigenvalue weighted by atomic mass is 15.5. The minimum absolute atomic E-state index is 0.235. The van der Waals surface area contributed by atoms with Crippen LogP contribution in [-0.4, -0.2) is 18.1 Å². The van der Waals surface area contributed by atoms with Crippen molar-refractivity contribution in [1.29, 1.82) is 0 Å². The molecule has 3 heteroatoms. The van der Waals surface area contributed by atoms with Gasteiger partial charge in [0.25, 0.3) is 0 Å². The van der Waals surface area contributed by atoms with E-state index in [1.54, 1.807) is 0 Å². The highest BCUT2D eigenvalue weighted by Crippen LogP contribution is 2.32. The standard InChI is InChI=1S/C10H17N3/c1-3-9-8-5-4-7(11)6-10(8)13(2)12-9/h6-7,12H,3-5,11H2,1-2H3. The second-order valence-electron chi connectivity index (χ2n) is 3.74. The smallest absolute Gasteiger partial charge is 0.0594 e. The van der Waals surface area contributed by atoms with Crippen LogP contribution in [0.15, 0.2) is 23.0 Å². The van der Waals surface area contributed by atoms with E-state index in [-0.39, 0.29) is 6.04 Å². The van der Waals surface area contributed by atoms with Crippen molar-refractivity contribution in [3.63, 3.8) is 0 Å². The van der Waals surface area contributed by atoms with Gasteiger partial charge in [-0.05, 0) is 30.9 Å². The van der Waals surface area contributed by atoms with Gasteiger partial charge in [-0.25, -0.2) is 0 Å². The van der Waals surface area contributed by atoms with Crippen molar-refractivity contribution in [1.82, 2.24) is 10.4 Å². The summed E-state index contributed by atoms with van der Waals surface area (Å²) in [6, 6.07) is 0.235. The fourth-order valence-corrected chi connectivity index (χ4v) is 2.07. The van der Waals surface area contributed by atoms with Gasteiger partial charge in [0.1, 0.15) is 0 Å². The highest BCUT2D eigenvalue weighted by Gasteiger charge is 2.26. The molecule has 0 spiro atoms. The number of hydrazine groups is 1. The average molecular weight is 179 g/mol. The number of hydrogen-bond acceptors (Lipinski definition) is 3. The molecule has 0 amide bonds. The van der Waals surface area contributed by atoms with Crippen LogP contribution in [0.1, 0.15) is 26.2 Å².